The van der Waals surface area contributed by atoms with Crippen molar-refractivity contribution in [1.82, 2.24) is 9.97 Å². The summed E-state index contributed by atoms with van der Waals surface area (Å²) in [7, 11) is 1.64. The number of methoxy groups -OCH3 is 1. The normalized spacial score (nSPS) is 14.5. The summed E-state index contributed by atoms with van der Waals surface area (Å²) < 4.78 is 11.1. The maximum atomic E-state index is 5.99. The average molecular weight is 456 g/mol. The van der Waals surface area contributed by atoms with Crippen molar-refractivity contribution in [2.75, 3.05) is 25.6 Å². The first-order valence-corrected chi connectivity index (χ1v) is 11.0. The molecule has 8 nitrogen and oxygen atoms in total. The number of nitrogens with two attached hydrogens (primary N) is 1. The van der Waals surface area contributed by atoms with Crippen molar-refractivity contribution in [3.63, 3.8) is 0 Å². The Kier molecular flexibility index (Phi) is 6.33. The fourth-order valence-corrected chi connectivity index (χ4v) is 4.03. The van der Waals surface area contributed by atoms with Gasteiger partial charge in [0.2, 0.25) is 5.90 Å². The fraction of sp³-hybridized carbons (Fsp3) is 0.192. The fourth-order valence-electron chi connectivity index (χ4n) is 4.03. The molecule has 1 aromatic heterocycles. The number of hydrogen-bond donors (Lipinski definition) is 2. The number of anilines is 1. The highest BCUT2D eigenvalue weighted by Gasteiger charge is 2.33. The molecule has 0 saturated heterocycles. The van der Waals surface area contributed by atoms with Crippen LogP contribution in [0.1, 0.15) is 22.9 Å². The monoisotopic (exact) mass is 455 g/mol. The van der Waals surface area contributed by atoms with Gasteiger partial charge in [0.05, 0.1) is 12.3 Å². The molecule has 0 radical (unpaired) electrons. The molecule has 1 unspecified atom stereocenters. The molecule has 8 heteroatoms. The van der Waals surface area contributed by atoms with Gasteiger partial charge < -0.3 is 19.6 Å². The first-order chi connectivity index (χ1) is 16.8. The van der Waals surface area contributed by atoms with Crippen LogP contribution < -0.4 is 16.0 Å². The molecule has 1 atom stereocenters. The number of ether oxygens (including phenoxy) is 2. The molecule has 0 aliphatic carbocycles. The minimum atomic E-state index is -0.421. The Morgan fingerprint density at radius 3 is 2.56 bits per heavy atom. The highest BCUT2D eigenvalue weighted by molar-refractivity contribution is 5.97. The number of nitrogens with one attached hydrogen (secondary N) is 1. The molecule has 0 spiro atoms. The quantitative estimate of drug-likeness (QED) is 0.301. The number of nitrogens with zero attached hydrogens (tertiary/aromatic N) is 3. The van der Waals surface area contributed by atoms with Crippen molar-refractivity contribution in [2.45, 2.75) is 12.5 Å². The molecule has 172 valence electrons. The molecule has 1 aliphatic rings. The van der Waals surface area contributed by atoms with Gasteiger partial charge in [-0.05, 0) is 29.3 Å². The van der Waals surface area contributed by atoms with Crippen LogP contribution in [0.15, 0.2) is 77.8 Å². The van der Waals surface area contributed by atoms with Gasteiger partial charge in [0.25, 0.3) is 0 Å². The van der Waals surface area contributed by atoms with Crippen LogP contribution in [-0.2, 0) is 16.1 Å². The number of rotatable bonds is 8. The highest BCUT2D eigenvalue weighted by atomic mass is 16.6. The highest BCUT2D eigenvalue weighted by Crippen LogP contribution is 2.40. The van der Waals surface area contributed by atoms with E-state index in [9.17, 15) is 0 Å². The molecule has 1 aliphatic heterocycles. The lowest BCUT2D eigenvalue weighted by atomic mass is 9.99. The Bertz CT molecular complexity index is 1330. The van der Waals surface area contributed by atoms with Crippen molar-refractivity contribution in [2.24, 2.45) is 10.9 Å². The van der Waals surface area contributed by atoms with Crippen LogP contribution in [-0.4, -0.2) is 36.2 Å². The zero-order chi connectivity index (χ0) is 23.3. The van der Waals surface area contributed by atoms with E-state index in [0.717, 1.165) is 22.2 Å². The van der Waals surface area contributed by atoms with E-state index >= 15 is 0 Å². The third-order valence-electron chi connectivity index (χ3n) is 5.66. The van der Waals surface area contributed by atoms with Crippen molar-refractivity contribution < 1.29 is 14.3 Å². The Morgan fingerprint density at radius 1 is 0.912 bits per heavy atom. The van der Waals surface area contributed by atoms with Crippen LogP contribution in [0.4, 0.5) is 11.5 Å². The number of aliphatic imine (C=N–C) groups is 1. The second kappa shape index (κ2) is 9.86. The molecular formula is C26H25N5O3. The standard InChI is InChI=1S/C26H25N5O3/c1-32-14-15-33-21-13-7-11-19-23(21)30-25(31-24(19)28-16-17-8-3-2-4-9-17)22-18-10-5-6-12-20(18)29-26(22)34-27/h2-13,22H,14-16,27H2,1H3,(H,28,30,31). The zero-order valence-corrected chi connectivity index (χ0v) is 18.8. The van der Waals surface area contributed by atoms with Gasteiger partial charge in [-0.3, -0.25) is 0 Å². The summed E-state index contributed by atoms with van der Waals surface area (Å²) in [5, 5.41) is 4.33. The zero-order valence-electron chi connectivity index (χ0n) is 18.8. The van der Waals surface area contributed by atoms with E-state index in [1.54, 1.807) is 7.11 Å². The van der Waals surface area contributed by atoms with E-state index in [2.05, 4.69) is 22.4 Å². The third-order valence-corrected chi connectivity index (χ3v) is 5.66. The summed E-state index contributed by atoms with van der Waals surface area (Å²) in [6, 6.07) is 23.7. The average Bonchev–Trinajstić information content (AvgIpc) is 3.27. The maximum absolute atomic E-state index is 5.99. The van der Waals surface area contributed by atoms with Crippen LogP contribution in [0.5, 0.6) is 5.75 Å². The number of aromatic nitrogens is 2. The molecular weight excluding hydrogens is 430 g/mol. The minimum Gasteiger partial charge on any atom is -0.489 e. The largest absolute Gasteiger partial charge is 0.489 e. The van der Waals surface area contributed by atoms with Gasteiger partial charge in [-0.1, -0.05) is 54.6 Å². The number of fused-ring (bicyclic) bond motifs is 2. The molecule has 5 rings (SSSR count). The minimum absolute atomic E-state index is 0.354. The lowest BCUT2D eigenvalue weighted by Gasteiger charge is -2.17. The second-order valence-electron chi connectivity index (χ2n) is 7.82. The Labute approximate surface area is 197 Å². The van der Waals surface area contributed by atoms with Crippen molar-refractivity contribution >= 4 is 28.3 Å². The van der Waals surface area contributed by atoms with Crippen molar-refractivity contribution in [3.8, 4) is 5.75 Å². The van der Waals surface area contributed by atoms with Gasteiger partial charge in [-0.15, -0.1) is 0 Å². The summed E-state index contributed by atoms with van der Waals surface area (Å²) in [4.78, 5) is 19.5. The van der Waals surface area contributed by atoms with Crippen LogP contribution in [0.2, 0.25) is 0 Å². The molecule has 4 aromatic rings. The van der Waals surface area contributed by atoms with Crippen molar-refractivity contribution in [1.29, 1.82) is 0 Å². The van der Waals surface area contributed by atoms with Crippen LogP contribution in [0, 0.1) is 0 Å². The number of hydrogen-bond acceptors (Lipinski definition) is 8. The molecule has 0 bridgehead atoms. The van der Waals surface area contributed by atoms with E-state index in [1.807, 2.05) is 60.7 Å². The predicted molar refractivity (Wildman–Crippen MR) is 131 cm³/mol. The summed E-state index contributed by atoms with van der Waals surface area (Å²) in [5.74, 6) is 7.41. The van der Waals surface area contributed by atoms with Gasteiger partial charge >= 0.3 is 0 Å². The maximum Gasteiger partial charge on any atom is 0.229 e. The lowest BCUT2D eigenvalue weighted by molar-refractivity contribution is 0.147. The smallest absolute Gasteiger partial charge is 0.229 e. The SMILES string of the molecule is COCCOc1cccc2c(NCc3ccccc3)nc(C3C(ON)=Nc4ccccc43)nc12. The summed E-state index contributed by atoms with van der Waals surface area (Å²) in [6.07, 6.45) is 0. The molecule has 3 aromatic carbocycles. The van der Waals surface area contributed by atoms with E-state index < -0.39 is 5.92 Å². The summed E-state index contributed by atoms with van der Waals surface area (Å²) in [5.41, 5.74) is 3.57. The Hall–Kier alpha value is -4.01. The first-order valence-electron chi connectivity index (χ1n) is 11.0. The van der Waals surface area contributed by atoms with Gasteiger partial charge in [0, 0.05) is 19.0 Å². The molecule has 0 fully saturated rings. The van der Waals surface area contributed by atoms with Gasteiger partial charge in [0.1, 0.15) is 35.4 Å². The Balaban J connectivity index is 1.61. The topological polar surface area (TPSA) is 104 Å². The summed E-state index contributed by atoms with van der Waals surface area (Å²) >= 11 is 0. The molecule has 34 heavy (non-hydrogen) atoms. The lowest BCUT2D eigenvalue weighted by Crippen LogP contribution is -2.20. The van der Waals surface area contributed by atoms with E-state index in [1.165, 1.54) is 0 Å². The molecule has 2 heterocycles. The Morgan fingerprint density at radius 2 is 1.74 bits per heavy atom. The van der Waals surface area contributed by atoms with Gasteiger partial charge in [-0.25, -0.2) is 15.0 Å². The molecule has 3 N–H and O–H groups in total. The predicted octanol–water partition coefficient (Wildman–Crippen LogP) is 4.33. The number of para-hydroxylation sites is 2. The summed E-state index contributed by atoms with van der Waals surface area (Å²) in [6.45, 7) is 1.49. The van der Waals surface area contributed by atoms with Crippen LogP contribution in [0.3, 0.4) is 0 Å². The van der Waals surface area contributed by atoms with E-state index in [0.29, 0.717) is 48.6 Å². The van der Waals surface area contributed by atoms with Gasteiger partial charge in [-0.2, -0.15) is 5.90 Å². The van der Waals surface area contributed by atoms with E-state index in [4.69, 9.17) is 30.2 Å². The first kappa shape index (κ1) is 21.8. The molecule has 0 saturated carbocycles. The molecule has 0 amide bonds. The third kappa shape index (κ3) is 4.28. The second-order valence-corrected chi connectivity index (χ2v) is 7.82. The van der Waals surface area contributed by atoms with Crippen molar-refractivity contribution in [3.05, 3.63) is 89.7 Å². The van der Waals surface area contributed by atoms with E-state index in [-0.39, 0.29) is 0 Å². The van der Waals surface area contributed by atoms with Gasteiger partial charge in [0.15, 0.2) is 0 Å². The van der Waals surface area contributed by atoms with Crippen LogP contribution in [0.25, 0.3) is 10.9 Å². The number of benzene rings is 3. The van der Waals surface area contributed by atoms with Crippen LogP contribution >= 0.6 is 0 Å².